The zero-order chi connectivity index (χ0) is 13.6. The summed E-state index contributed by atoms with van der Waals surface area (Å²) in [4.78, 5) is 0.312. The van der Waals surface area contributed by atoms with Gasteiger partial charge in [-0.1, -0.05) is 25.1 Å². The normalized spacial score (nSPS) is 11.7. The fraction of sp³-hybridized carbons (Fsp3) is 0.385. The third kappa shape index (κ3) is 3.41. The molecule has 0 atom stereocenters. The molecule has 0 spiro atoms. The molecule has 4 nitrogen and oxygen atoms in total. The Bertz CT molecular complexity index is 480. The van der Waals surface area contributed by atoms with Gasteiger partial charge in [0, 0.05) is 13.1 Å². The van der Waals surface area contributed by atoms with Gasteiger partial charge in [0.2, 0.25) is 10.0 Å². The van der Waals surface area contributed by atoms with Crippen molar-refractivity contribution >= 4 is 10.0 Å². The van der Waals surface area contributed by atoms with Crippen LogP contribution < -0.4 is 5.73 Å². The first-order chi connectivity index (χ1) is 8.56. The average Bonchev–Trinajstić information content (AvgIpc) is 2.36. The van der Waals surface area contributed by atoms with Crippen LogP contribution in [0.3, 0.4) is 0 Å². The first-order valence-electron chi connectivity index (χ1n) is 5.96. The Morgan fingerprint density at radius 3 is 2.39 bits per heavy atom. The number of benzene rings is 1. The van der Waals surface area contributed by atoms with Gasteiger partial charge in [0.25, 0.3) is 0 Å². The SMILES string of the molecule is C=CCN(CC)S(=O)(=O)c1ccc(CCN)cc1. The molecule has 0 amide bonds. The minimum absolute atomic E-state index is 0.312. The Kier molecular flexibility index (Phi) is 5.53. The third-order valence-corrected chi connectivity index (χ3v) is 4.63. The summed E-state index contributed by atoms with van der Waals surface area (Å²) in [7, 11) is -3.41. The Morgan fingerprint density at radius 1 is 1.33 bits per heavy atom. The second-order valence-corrected chi connectivity index (χ2v) is 5.86. The quantitative estimate of drug-likeness (QED) is 0.760. The number of nitrogens with zero attached hydrogens (tertiary/aromatic N) is 1. The highest BCUT2D eigenvalue weighted by Gasteiger charge is 2.21. The molecule has 0 aliphatic heterocycles. The molecule has 100 valence electrons. The molecule has 2 N–H and O–H groups in total. The van der Waals surface area contributed by atoms with Crippen molar-refractivity contribution in [2.45, 2.75) is 18.2 Å². The number of likely N-dealkylation sites (N-methyl/N-ethyl adjacent to an activating group) is 1. The maximum atomic E-state index is 12.3. The molecule has 0 heterocycles. The summed E-state index contributed by atoms with van der Waals surface area (Å²) in [5.41, 5.74) is 6.50. The Balaban J connectivity index is 3.00. The topological polar surface area (TPSA) is 63.4 Å². The number of rotatable bonds is 7. The lowest BCUT2D eigenvalue weighted by atomic mass is 10.2. The summed E-state index contributed by atoms with van der Waals surface area (Å²) < 4.78 is 25.9. The van der Waals surface area contributed by atoms with E-state index in [4.69, 9.17) is 5.73 Å². The van der Waals surface area contributed by atoms with E-state index < -0.39 is 10.0 Å². The van der Waals surface area contributed by atoms with Gasteiger partial charge in [-0.05, 0) is 30.7 Å². The Labute approximate surface area is 109 Å². The highest BCUT2D eigenvalue weighted by atomic mass is 32.2. The largest absolute Gasteiger partial charge is 0.330 e. The molecule has 5 heteroatoms. The summed E-state index contributed by atoms with van der Waals surface area (Å²) in [6, 6.07) is 6.88. The second kappa shape index (κ2) is 6.68. The van der Waals surface area contributed by atoms with E-state index in [9.17, 15) is 8.42 Å². The van der Waals surface area contributed by atoms with Crippen molar-refractivity contribution in [2.24, 2.45) is 5.73 Å². The third-order valence-electron chi connectivity index (χ3n) is 2.68. The second-order valence-electron chi connectivity index (χ2n) is 3.93. The molecule has 0 bridgehead atoms. The highest BCUT2D eigenvalue weighted by Crippen LogP contribution is 2.16. The summed E-state index contributed by atoms with van der Waals surface area (Å²) in [6.45, 7) is 6.69. The van der Waals surface area contributed by atoms with E-state index in [-0.39, 0.29) is 0 Å². The minimum atomic E-state index is -3.41. The fourth-order valence-electron chi connectivity index (χ4n) is 1.69. The predicted octanol–water partition coefficient (Wildman–Crippen LogP) is 1.38. The number of sulfonamides is 1. The van der Waals surface area contributed by atoms with Gasteiger partial charge >= 0.3 is 0 Å². The van der Waals surface area contributed by atoms with E-state index in [1.165, 1.54) is 4.31 Å². The van der Waals surface area contributed by atoms with Gasteiger partial charge < -0.3 is 5.73 Å². The van der Waals surface area contributed by atoms with Crippen molar-refractivity contribution in [2.75, 3.05) is 19.6 Å². The predicted molar refractivity (Wildman–Crippen MR) is 73.8 cm³/mol. The molecule has 0 saturated heterocycles. The molecule has 0 aliphatic rings. The van der Waals surface area contributed by atoms with Crippen molar-refractivity contribution in [3.8, 4) is 0 Å². The molecule has 1 rings (SSSR count). The van der Waals surface area contributed by atoms with Crippen LogP contribution >= 0.6 is 0 Å². The smallest absolute Gasteiger partial charge is 0.243 e. The molecule has 0 aromatic heterocycles. The molecule has 1 aromatic carbocycles. The molecule has 0 fully saturated rings. The van der Waals surface area contributed by atoms with Crippen LogP contribution in [0.4, 0.5) is 0 Å². The van der Waals surface area contributed by atoms with Gasteiger partial charge in [0.1, 0.15) is 0 Å². The molecule has 18 heavy (non-hydrogen) atoms. The van der Waals surface area contributed by atoms with Crippen molar-refractivity contribution in [3.63, 3.8) is 0 Å². The van der Waals surface area contributed by atoms with E-state index in [1.54, 1.807) is 18.2 Å². The van der Waals surface area contributed by atoms with E-state index in [1.807, 2.05) is 19.1 Å². The Morgan fingerprint density at radius 2 is 1.94 bits per heavy atom. The van der Waals surface area contributed by atoms with Gasteiger partial charge in [-0.25, -0.2) is 8.42 Å². The van der Waals surface area contributed by atoms with Crippen LogP contribution in [0, 0.1) is 0 Å². The monoisotopic (exact) mass is 268 g/mol. The number of hydrogen-bond donors (Lipinski definition) is 1. The van der Waals surface area contributed by atoms with Gasteiger partial charge in [0.15, 0.2) is 0 Å². The summed E-state index contributed by atoms with van der Waals surface area (Å²) in [5, 5.41) is 0. The van der Waals surface area contributed by atoms with Crippen LogP contribution in [-0.4, -0.2) is 32.4 Å². The zero-order valence-corrected chi connectivity index (χ0v) is 11.5. The van der Waals surface area contributed by atoms with Crippen molar-refractivity contribution in [3.05, 3.63) is 42.5 Å². The summed E-state index contributed by atoms with van der Waals surface area (Å²) in [6.07, 6.45) is 2.34. The summed E-state index contributed by atoms with van der Waals surface area (Å²) >= 11 is 0. The fourth-order valence-corrected chi connectivity index (χ4v) is 3.10. The van der Waals surface area contributed by atoms with E-state index in [2.05, 4.69) is 6.58 Å². The molecule has 0 aliphatic carbocycles. The van der Waals surface area contributed by atoms with Crippen LogP contribution in [0.2, 0.25) is 0 Å². The van der Waals surface area contributed by atoms with Gasteiger partial charge in [-0.2, -0.15) is 4.31 Å². The van der Waals surface area contributed by atoms with E-state index in [0.717, 1.165) is 12.0 Å². The van der Waals surface area contributed by atoms with Crippen LogP contribution in [0.25, 0.3) is 0 Å². The van der Waals surface area contributed by atoms with Crippen molar-refractivity contribution < 1.29 is 8.42 Å². The van der Waals surface area contributed by atoms with Gasteiger partial charge in [0.05, 0.1) is 4.90 Å². The van der Waals surface area contributed by atoms with Crippen LogP contribution in [0.15, 0.2) is 41.8 Å². The van der Waals surface area contributed by atoms with Crippen LogP contribution in [0.1, 0.15) is 12.5 Å². The highest BCUT2D eigenvalue weighted by molar-refractivity contribution is 7.89. The van der Waals surface area contributed by atoms with E-state index in [0.29, 0.717) is 24.5 Å². The summed E-state index contributed by atoms with van der Waals surface area (Å²) in [5.74, 6) is 0. The van der Waals surface area contributed by atoms with Crippen LogP contribution in [0.5, 0.6) is 0 Å². The number of nitrogens with two attached hydrogens (primary N) is 1. The average molecular weight is 268 g/mol. The first-order valence-corrected chi connectivity index (χ1v) is 7.40. The van der Waals surface area contributed by atoms with Gasteiger partial charge in [-0.15, -0.1) is 6.58 Å². The lowest BCUT2D eigenvalue weighted by Gasteiger charge is -2.18. The van der Waals surface area contributed by atoms with E-state index >= 15 is 0 Å². The lowest BCUT2D eigenvalue weighted by molar-refractivity contribution is 0.460. The minimum Gasteiger partial charge on any atom is -0.330 e. The van der Waals surface area contributed by atoms with Crippen LogP contribution in [-0.2, 0) is 16.4 Å². The zero-order valence-electron chi connectivity index (χ0n) is 10.7. The lowest BCUT2D eigenvalue weighted by Crippen LogP contribution is -2.31. The molecule has 1 aromatic rings. The maximum absolute atomic E-state index is 12.3. The van der Waals surface area contributed by atoms with Crippen molar-refractivity contribution in [1.29, 1.82) is 0 Å². The molecular weight excluding hydrogens is 248 g/mol. The maximum Gasteiger partial charge on any atom is 0.243 e. The van der Waals surface area contributed by atoms with Crippen molar-refractivity contribution in [1.82, 2.24) is 4.31 Å². The molecule has 0 saturated carbocycles. The Hall–Kier alpha value is -1.17. The molecular formula is C13H20N2O2S. The number of hydrogen-bond acceptors (Lipinski definition) is 3. The first kappa shape index (κ1) is 14.9. The van der Waals surface area contributed by atoms with Gasteiger partial charge in [-0.3, -0.25) is 0 Å². The standard InChI is InChI=1S/C13H20N2O2S/c1-3-11-15(4-2)18(16,17)13-7-5-12(6-8-13)9-10-14/h3,5-8H,1,4,9-11,14H2,2H3. The molecule has 0 radical (unpaired) electrons. The molecule has 0 unspecified atom stereocenters.